The third-order valence-electron chi connectivity index (χ3n) is 4.04. The molecule has 2 rings (SSSR count). The average Bonchev–Trinajstić information content (AvgIpc) is 2.85. The summed E-state index contributed by atoms with van der Waals surface area (Å²) in [5.74, 6) is 1.24. The Morgan fingerprint density at radius 1 is 1.25 bits per heavy atom. The molecular weight excluding hydrogens is 253 g/mol. The van der Waals surface area contributed by atoms with E-state index in [1.165, 1.54) is 31.4 Å². The maximum atomic E-state index is 13.3. The van der Waals surface area contributed by atoms with Gasteiger partial charge in [-0.15, -0.1) is 0 Å². The molecule has 0 aliphatic rings. The summed E-state index contributed by atoms with van der Waals surface area (Å²) in [4.78, 5) is 0. The molecule has 2 nitrogen and oxygen atoms in total. The number of fused-ring (bicyclic) bond motifs is 1. The van der Waals surface area contributed by atoms with E-state index in [9.17, 15) is 4.39 Å². The van der Waals surface area contributed by atoms with E-state index in [4.69, 9.17) is 4.42 Å². The molecule has 2 unspecified atom stereocenters. The molecule has 0 aliphatic heterocycles. The fourth-order valence-corrected chi connectivity index (χ4v) is 2.87. The molecule has 1 N–H and O–H groups in total. The number of rotatable bonds is 7. The van der Waals surface area contributed by atoms with Gasteiger partial charge in [0.2, 0.25) is 0 Å². The molecule has 0 radical (unpaired) electrons. The summed E-state index contributed by atoms with van der Waals surface area (Å²) in [6.07, 6.45) is 4.73. The zero-order chi connectivity index (χ0) is 14.5. The van der Waals surface area contributed by atoms with Crippen molar-refractivity contribution in [1.29, 1.82) is 0 Å². The summed E-state index contributed by atoms with van der Waals surface area (Å²) in [6.45, 7) is 4.43. The van der Waals surface area contributed by atoms with E-state index in [1.807, 2.05) is 13.1 Å². The highest BCUT2D eigenvalue weighted by Crippen LogP contribution is 2.32. The summed E-state index contributed by atoms with van der Waals surface area (Å²) >= 11 is 0. The second kappa shape index (κ2) is 6.89. The van der Waals surface area contributed by atoms with E-state index in [2.05, 4.69) is 19.2 Å². The molecule has 1 aromatic carbocycles. The highest BCUT2D eigenvalue weighted by atomic mass is 19.1. The first-order valence-corrected chi connectivity index (χ1v) is 7.55. The van der Waals surface area contributed by atoms with Crippen molar-refractivity contribution >= 4 is 11.0 Å². The molecule has 3 heteroatoms. The Balaban J connectivity index is 2.27. The van der Waals surface area contributed by atoms with Crippen molar-refractivity contribution in [2.45, 2.75) is 45.6 Å². The number of hydrogen-bond donors (Lipinski definition) is 1. The van der Waals surface area contributed by atoms with Crippen molar-refractivity contribution in [3.05, 3.63) is 35.8 Å². The van der Waals surface area contributed by atoms with Crippen LogP contribution in [-0.2, 0) is 0 Å². The van der Waals surface area contributed by atoms with Crippen molar-refractivity contribution < 1.29 is 8.81 Å². The van der Waals surface area contributed by atoms with Crippen LogP contribution in [0, 0.1) is 11.7 Å². The van der Waals surface area contributed by atoms with Crippen LogP contribution in [0.5, 0.6) is 0 Å². The minimum atomic E-state index is -0.219. The Kier molecular flexibility index (Phi) is 5.18. The standard InChI is InChI=1S/C17H24FNO/c1-4-6-7-12(5-2)17(19-3)16-11-13-10-14(18)8-9-15(13)20-16/h8-12,17,19H,4-7H2,1-3H3. The van der Waals surface area contributed by atoms with Gasteiger partial charge in [0.05, 0.1) is 6.04 Å². The fraction of sp³-hybridized carbons (Fsp3) is 0.529. The number of furan rings is 1. The van der Waals surface area contributed by atoms with E-state index < -0.39 is 0 Å². The van der Waals surface area contributed by atoms with Crippen molar-refractivity contribution in [2.24, 2.45) is 5.92 Å². The molecule has 0 bridgehead atoms. The summed E-state index contributed by atoms with van der Waals surface area (Å²) in [5.41, 5.74) is 0.756. The van der Waals surface area contributed by atoms with Gasteiger partial charge in [-0.3, -0.25) is 0 Å². The third-order valence-corrected chi connectivity index (χ3v) is 4.04. The van der Waals surface area contributed by atoms with E-state index in [1.54, 1.807) is 6.07 Å². The Morgan fingerprint density at radius 2 is 2.05 bits per heavy atom. The maximum Gasteiger partial charge on any atom is 0.134 e. The summed E-state index contributed by atoms with van der Waals surface area (Å²) < 4.78 is 19.2. The first-order valence-electron chi connectivity index (χ1n) is 7.55. The molecule has 0 aliphatic carbocycles. The number of nitrogens with one attached hydrogen (secondary N) is 1. The van der Waals surface area contributed by atoms with Crippen molar-refractivity contribution in [3.8, 4) is 0 Å². The van der Waals surface area contributed by atoms with Gasteiger partial charge in [0.1, 0.15) is 17.2 Å². The lowest BCUT2D eigenvalue weighted by atomic mass is 9.90. The Hall–Kier alpha value is -1.35. The predicted octanol–water partition coefficient (Wildman–Crippen LogP) is 5.05. The molecule has 1 aromatic heterocycles. The van der Waals surface area contributed by atoms with E-state index in [0.29, 0.717) is 5.92 Å². The van der Waals surface area contributed by atoms with Gasteiger partial charge < -0.3 is 9.73 Å². The molecule has 0 spiro atoms. The first-order chi connectivity index (χ1) is 9.69. The smallest absolute Gasteiger partial charge is 0.134 e. The maximum absolute atomic E-state index is 13.3. The lowest BCUT2D eigenvalue weighted by molar-refractivity contribution is 0.301. The minimum absolute atomic E-state index is 0.196. The molecule has 20 heavy (non-hydrogen) atoms. The van der Waals surface area contributed by atoms with Gasteiger partial charge in [0, 0.05) is 5.39 Å². The second-order valence-electron chi connectivity index (χ2n) is 5.41. The van der Waals surface area contributed by atoms with E-state index in [-0.39, 0.29) is 11.9 Å². The number of halogens is 1. The summed E-state index contributed by atoms with van der Waals surface area (Å²) in [5, 5.41) is 4.20. The molecule has 0 fully saturated rings. The van der Waals surface area contributed by atoms with Gasteiger partial charge in [0.15, 0.2) is 0 Å². The van der Waals surface area contributed by atoms with Gasteiger partial charge in [0.25, 0.3) is 0 Å². The van der Waals surface area contributed by atoms with Crippen LogP contribution in [0.2, 0.25) is 0 Å². The van der Waals surface area contributed by atoms with Crippen molar-refractivity contribution in [2.75, 3.05) is 7.05 Å². The highest BCUT2D eigenvalue weighted by Gasteiger charge is 2.23. The third kappa shape index (κ3) is 3.21. The van der Waals surface area contributed by atoms with Crippen LogP contribution in [0.4, 0.5) is 4.39 Å². The fourth-order valence-electron chi connectivity index (χ4n) is 2.87. The van der Waals surface area contributed by atoms with Crippen LogP contribution in [-0.4, -0.2) is 7.05 Å². The van der Waals surface area contributed by atoms with Gasteiger partial charge in [-0.25, -0.2) is 4.39 Å². The van der Waals surface area contributed by atoms with Crippen LogP contribution in [0.15, 0.2) is 28.7 Å². The number of benzene rings is 1. The van der Waals surface area contributed by atoms with E-state index >= 15 is 0 Å². The topological polar surface area (TPSA) is 25.2 Å². The van der Waals surface area contributed by atoms with Gasteiger partial charge in [-0.2, -0.15) is 0 Å². The Labute approximate surface area is 120 Å². The van der Waals surface area contributed by atoms with Gasteiger partial charge in [-0.05, 0) is 43.7 Å². The van der Waals surface area contributed by atoms with Gasteiger partial charge in [-0.1, -0.05) is 33.1 Å². The van der Waals surface area contributed by atoms with Crippen molar-refractivity contribution in [3.63, 3.8) is 0 Å². The highest BCUT2D eigenvalue weighted by molar-refractivity contribution is 5.78. The lowest BCUT2D eigenvalue weighted by Gasteiger charge is -2.24. The quantitative estimate of drug-likeness (QED) is 0.766. The second-order valence-corrected chi connectivity index (χ2v) is 5.41. The molecule has 0 amide bonds. The normalized spacial score (nSPS) is 14.6. The van der Waals surface area contributed by atoms with Crippen LogP contribution < -0.4 is 5.32 Å². The van der Waals surface area contributed by atoms with Crippen LogP contribution >= 0.6 is 0 Å². The molecule has 0 saturated heterocycles. The monoisotopic (exact) mass is 277 g/mol. The molecule has 2 atom stereocenters. The minimum Gasteiger partial charge on any atom is -0.459 e. The summed E-state index contributed by atoms with van der Waals surface area (Å²) in [6, 6.07) is 6.84. The molecular formula is C17H24FNO. The van der Waals surface area contributed by atoms with Crippen LogP contribution in [0.3, 0.4) is 0 Å². The molecule has 110 valence electrons. The average molecular weight is 277 g/mol. The summed E-state index contributed by atoms with van der Waals surface area (Å²) in [7, 11) is 1.97. The lowest BCUT2D eigenvalue weighted by Crippen LogP contribution is -2.24. The van der Waals surface area contributed by atoms with Gasteiger partial charge >= 0.3 is 0 Å². The Bertz CT molecular complexity index is 549. The predicted molar refractivity (Wildman–Crippen MR) is 81.3 cm³/mol. The van der Waals surface area contributed by atoms with E-state index in [0.717, 1.165) is 23.2 Å². The van der Waals surface area contributed by atoms with Crippen molar-refractivity contribution in [1.82, 2.24) is 5.32 Å². The Morgan fingerprint density at radius 3 is 2.70 bits per heavy atom. The molecule has 2 aromatic rings. The van der Waals surface area contributed by atoms with Crippen LogP contribution in [0.25, 0.3) is 11.0 Å². The number of hydrogen-bond acceptors (Lipinski definition) is 2. The largest absolute Gasteiger partial charge is 0.459 e. The molecule has 0 saturated carbocycles. The SMILES string of the molecule is CCCCC(CC)C(NC)c1cc2cc(F)ccc2o1. The molecule has 1 heterocycles. The zero-order valence-corrected chi connectivity index (χ0v) is 12.6. The van der Waals surface area contributed by atoms with Crippen LogP contribution in [0.1, 0.15) is 51.3 Å². The first kappa shape index (κ1) is 15.0. The zero-order valence-electron chi connectivity index (χ0n) is 12.6. The number of unbranched alkanes of at least 4 members (excludes halogenated alkanes) is 1.